The van der Waals surface area contributed by atoms with Crippen molar-refractivity contribution in [2.24, 2.45) is 5.73 Å². The number of nitrogens with zero attached hydrogens (tertiary/aromatic N) is 3. The summed E-state index contributed by atoms with van der Waals surface area (Å²) < 4.78 is 0. The number of likely N-dealkylation sites (N-methyl/N-ethyl adjacent to an activating group) is 2. The molecule has 31 heavy (non-hydrogen) atoms. The Morgan fingerprint density at radius 3 is 2.45 bits per heavy atom. The molecule has 1 aromatic heterocycles. The Hall–Kier alpha value is -3.04. The third-order valence-electron chi connectivity index (χ3n) is 4.45. The summed E-state index contributed by atoms with van der Waals surface area (Å²) >= 11 is 0. The lowest BCUT2D eigenvalue weighted by atomic mass is 10.1. The van der Waals surface area contributed by atoms with Gasteiger partial charge in [0.25, 0.3) is 5.91 Å². The van der Waals surface area contributed by atoms with E-state index in [0.717, 1.165) is 36.5 Å². The van der Waals surface area contributed by atoms with Crippen LogP contribution in [0.2, 0.25) is 0 Å². The first-order valence-electron chi connectivity index (χ1n) is 10.3. The number of primary amides is 1. The normalized spacial score (nSPS) is 11.2. The number of rotatable bonds is 10. The molecule has 1 unspecified atom stereocenters. The lowest BCUT2D eigenvalue weighted by Crippen LogP contribution is -2.21. The molecule has 2 aromatic rings. The fourth-order valence-corrected chi connectivity index (χ4v) is 2.59. The van der Waals surface area contributed by atoms with E-state index in [1.54, 1.807) is 14.0 Å². The second-order valence-electron chi connectivity index (χ2n) is 7.20. The molecule has 0 saturated heterocycles. The Morgan fingerprint density at radius 1 is 1.26 bits per heavy atom. The van der Waals surface area contributed by atoms with E-state index in [4.69, 9.17) is 5.73 Å². The predicted molar refractivity (Wildman–Crippen MR) is 126 cm³/mol. The van der Waals surface area contributed by atoms with Crippen LogP contribution in [0.3, 0.4) is 0 Å². The molecule has 1 atom stereocenters. The third-order valence-corrected chi connectivity index (χ3v) is 4.45. The molecule has 5 N–H and O–H groups in total. The maximum atomic E-state index is 11.8. The molecule has 170 valence electrons. The first kappa shape index (κ1) is 26.0. The van der Waals surface area contributed by atoms with Crippen LogP contribution in [0.5, 0.6) is 0 Å². The Morgan fingerprint density at radius 2 is 1.97 bits per heavy atom. The van der Waals surface area contributed by atoms with Crippen LogP contribution in [0.15, 0.2) is 24.3 Å². The van der Waals surface area contributed by atoms with Gasteiger partial charge in [0, 0.05) is 19.8 Å². The highest BCUT2D eigenvalue weighted by Gasteiger charge is 2.18. The van der Waals surface area contributed by atoms with Gasteiger partial charge in [-0.25, -0.2) is 9.97 Å². The van der Waals surface area contributed by atoms with Crippen LogP contribution in [0, 0.1) is 0 Å². The minimum atomic E-state index is -0.596. The number of aryl methyl sites for hydroxylation is 1. The van der Waals surface area contributed by atoms with Crippen LogP contribution in [-0.2, 0) is 17.6 Å². The van der Waals surface area contributed by atoms with Gasteiger partial charge in [0.1, 0.15) is 6.29 Å². The number of benzene rings is 1. The van der Waals surface area contributed by atoms with E-state index in [1.807, 2.05) is 51.2 Å². The summed E-state index contributed by atoms with van der Waals surface area (Å²) in [5.74, 6) is 0.502. The number of hydrogen-bond acceptors (Lipinski definition) is 8. The summed E-state index contributed by atoms with van der Waals surface area (Å²) in [6.45, 7) is 4.67. The van der Waals surface area contributed by atoms with Crippen molar-refractivity contribution in [1.82, 2.24) is 20.6 Å². The number of anilines is 3. The summed E-state index contributed by atoms with van der Waals surface area (Å²) in [6.07, 6.45) is 2.44. The van der Waals surface area contributed by atoms with Crippen molar-refractivity contribution in [3.05, 3.63) is 41.2 Å². The maximum absolute atomic E-state index is 11.8. The van der Waals surface area contributed by atoms with E-state index in [1.165, 1.54) is 5.56 Å². The number of aldehydes is 1. The molecule has 0 bridgehead atoms. The van der Waals surface area contributed by atoms with Crippen LogP contribution in [0.4, 0.5) is 17.3 Å². The number of hydrogen-bond donors (Lipinski definition) is 4. The average Bonchev–Trinajstić information content (AvgIpc) is 2.77. The van der Waals surface area contributed by atoms with Crippen molar-refractivity contribution in [3.8, 4) is 0 Å². The molecule has 1 heterocycles. The zero-order valence-electron chi connectivity index (χ0n) is 19.3. The molecule has 1 aromatic carbocycles. The predicted octanol–water partition coefficient (Wildman–Crippen LogP) is 1.50. The molecule has 1 amide bonds. The van der Waals surface area contributed by atoms with Crippen LogP contribution >= 0.6 is 0 Å². The van der Waals surface area contributed by atoms with Crippen molar-refractivity contribution in [3.63, 3.8) is 0 Å². The molecule has 0 aliphatic heterocycles. The van der Waals surface area contributed by atoms with Gasteiger partial charge < -0.3 is 31.4 Å². The Kier molecular flexibility index (Phi) is 11.2. The lowest BCUT2D eigenvalue weighted by molar-refractivity contribution is -0.109. The topological polar surface area (TPSA) is 125 Å². The molecule has 9 heteroatoms. The van der Waals surface area contributed by atoms with Gasteiger partial charge in [0.2, 0.25) is 0 Å². The van der Waals surface area contributed by atoms with Crippen molar-refractivity contribution in [1.29, 1.82) is 0 Å². The van der Waals surface area contributed by atoms with E-state index < -0.39 is 5.91 Å². The molecule has 0 aliphatic rings. The van der Waals surface area contributed by atoms with Gasteiger partial charge in [-0.15, -0.1) is 0 Å². The second-order valence-corrected chi connectivity index (χ2v) is 7.20. The van der Waals surface area contributed by atoms with Crippen molar-refractivity contribution >= 4 is 29.5 Å². The molecular formula is C22H35N7O2. The van der Waals surface area contributed by atoms with Crippen LogP contribution in [0.25, 0.3) is 0 Å². The number of carbonyl (C=O) groups is 2. The van der Waals surface area contributed by atoms with Crippen LogP contribution < -0.4 is 26.6 Å². The highest BCUT2D eigenvalue weighted by molar-refractivity contribution is 5.96. The van der Waals surface area contributed by atoms with E-state index in [0.29, 0.717) is 12.2 Å². The number of amides is 1. The van der Waals surface area contributed by atoms with Crippen molar-refractivity contribution in [2.75, 3.05) is 45.0 Å². The smallest absolute Gasteiger partial charge is 0.271 e. The van der Waals surface area contributed by atoms with Gasteiger partial charge in [-0.3, -0.25) is 4.79 Å². The largest absolute Gasteiger partial charge is 0.364 e. The minimum Gasteiger partial charge on any atom is -0.364 e. The standard InChI is InChI=1S/C18H26N6O.C4H9NO/c1-5-14-18(24(3)4)23-17(15(22-14)16(19)25)21-13-8-6-7-12(11-13)9-10-20-2;1-4(3-6)5-2/h6-8,11,20H,5,9-10H2,1-4H3,(H2,19,25)(H,21,23);3-5H,1-2H3. The third kappa shape index (κ3) is 8.31. The number of carbonyl (C=O) groups excluding carboxylic acids is 2. The van der Waals surface area contributed by atoms with Gasteiger partial charge >= 0.3 is 0 Å². The van der Waals surface area contributed by atoms with E-state index in [9.17, 15) is 9.59 Å². The Bertz CT molecular complexity index is 856. The highest BCUT2D eigenvalue weighted by atomic mass is 16.1. The first-order valence-corrected chi connectivity index (χ1v) is 10.3. The molecule has 0 radical (unpaired) electrons. The van der Waals surface area contributed by atoms with Crippen LogP contribution in [0.1, 0.15) is 35.6 Å². The quantitative estimate of drug-likeness (QED) is 0.419. The zero-order chi connectivity index (χ0) is 23.4. The second kappa shape index (κ2) is 13.3. The summed E-state index contributed by atoms with van der Waals surface area (Å²) in [4.78, 5) is 32.4. The van der Waals surface area contributed by atoms with Crippen molar-refractivity contribution < 1.29 is 9.59 Å². The van der Waals surface area contributed by atoms with Crippen molar-refractivity contribution in [2.45, 2.75) is 32.7 Å². The number of nitrogens with two attached hydrogens (primary N) is 1. The highest BCUT2D eigenvalue weighted by Crippen LogP contribution is 2.24. The van der Waals surface area contributed by atoms with Crippen LogP contribution in [-0.4, -0.2) is 62.9 Å². The molecule has 0 fully saturated rings. The monoisotopic (exact) mass is 429 g/mol. The fourth-order valence-electron chi connectivity index (χ4n) is 2.59. The molecule has 9 nitrogen and oxygen atoms in total. The lowest BCUT2D eigenvalue weighted by Gasteiger charge is -2.18. The molecular weight excluding hydrogens is 394 g/mol. The zero-order valence-corrected chi connectivity index (χ0v) is 19.3. The van der Waals surface area contributed by atoms with E-state index in [-0.39, 0.29) is 11.7 Å². The van der Waals surface area contributed by atoms with Gasteiger partial charge in [0.05, 0.1) is 11.7 Å². The van der Waals surface area contributed by atoms with Gasteiger partial charge in [-0.05, 0) is 58.1 Å². The number of nitrogens with one attached hydrogen (secondary N) is 3. The summed E-state index contributed by atoms with van der Waals surface area (Å²) in [5.41, 5.74) is 8.44. The van der Waals surface area contributed by atoms with Gasteiger partial charge in [-0.1, -0.05) is 19.1 Å². The molecule has 2 rings (SSSR count). The van der Waals surface area contributed by atoms with E-state index in [2.05, 4.69) is 32.0 Å². The molecule has 0 spiro atoms. The number of aromatic nitrogens is 2. The summed E-state index contributed by atoms with van der Waals surface area (Å²) in [7, 11) is 7.47. The molecule has 0 saturated carbocycles. The summed E-state index contributed by atoms with van der Waals surface area (Å²) in [6, 6.07) is 8.00. The summed E-state index contributed by atoms with van der Waals surface area (Å²) in [5, 5.41) is 9.07. The Balaban J connectivity index is 0.000000703. The SMILES string of the molecule is CCc1nc(C(N)=O)c(Nc2cccc(CCNC)c2)nc1N(C)C.CNC(C)C=O. The maximum Gasteiger partial charge on any atom is 0.271 e. The van der Waals surface area contributed by atoms with E-state index >= 15 is 0 Å². The Labute approximate surface area is 184 Å². The van der Waals surface area contributed by atoms with Gasteiger partial charge in [-0.2, -0.15) is 0 Å². The van der Waals surface area contributed by atoms with Gasteiger partial charge in [0.15, 0.2) is 17.3 Å². The minimum absolute atomic E-state index is 0.00463. The first-order chi connectivity index (χ1) is 14.8. The molecule has 0 aliphatic carbocycles. The average molecular weight is 430 g/mol. The fraction of sp³-hybridized carbons (Fsp3) is 0.455.